The number of fused-ring (bicyclic) bond motifs is 1. The van der Waals surface area contributed by atoms with Crippen LogP contribution in [0.1, 0.15) is 22.1 Å². The van der Waals surface area contributed by atoms with Gasteiger partial charge < -0.3 is 9.67 Å². The molecule has 124 valence electrons. The molecule has 3 rings (SSSR count). The van der Waals surface area contributed by atoms with Gasteiger partial charge in [0.25, 0.3) is 5.69 Å². The monoisotopic (exact) mass is 336 g/mol. The number of aromatic nitrogens is 2. The zero-order valence-corrected chi connectivity index (χ0v) is 13.1. The molecule has 0 amide bonds. The summed E-state index contributed by atoms with van der Waals surface area (Å²) in [5.74, 6) is -2.23. The number of ketones is 1. The van der Waals surface area contributed by atoms with Gasteiger partial charge >= 0.3 is 0 Å². The molecule has 1 atom stereocenters. The van der Waals surface area contributed by atoms with E-state index < -0.39 is 22.3 Å². The smallest absolute Gasteiger partial charge is 0.280 e. The number of Topliss-reactive ketones (excluding diaryl/α,β-unsaturated/α-hetero) is 1. The molecular formula is C17H12N4O4. The normalized spacial score (nSPS) is 11.8. The van der Waals surface area contributed by atoms with E-state index in [9.17, 15) is 25.3 Å². The third-order valence-electron chi connectivity index (χ3n) is 3.91. The first-order chi connectivity index (χ1) is 11.9. The minimum absolute atomic E-state index is 0.186. The Morgan fingerprint density at radius 1 is 1.36 bits per heavy atom. The number of benzene rings is 2. The number of para-hydroxylation sites is 2. The van der Waals surface area contributed by atoms with Crippen molar-refractivity contribution in [2.24, 2.45) is 7.05 Å². The highest BCUT2D eigenvalue weighted by Gasteiger charge is 2.31. The van der Waals surface area contributed by atoms with Crippen LogP contribution in [0.3, 0.4) is 0 Å². The molecule has 0 fully saturated rings. The number of aryl methyl sites for hydroxylation is 1. The zero-order chi connectivity index (χ0) is 18.1. The van der Waals surface area contributed by atoms with Crippen molar-refractivity contribution in [3.05, 3.63) is 64.0 Å². The van der Waals surface area contributed by atoms with E-state index in [-0.39, 0.29) is 17.1 Å². The molecular weight excluding hydrogens is 324 g/mol. The molecule has 8 nitrogen and oxygen atoms in total. The van der Waals surface area contributed by atoms with Gasteiger partial charge in [-0.15, -0.1) is 0 Å². The lowest BCUT2D eigenvalue weighted by Gasteiger charge is -2.09. The van der Waals surface area contributed by atoms with Gasteiger partial charge in [0.2, 0.25) is 0 Å². The van der Waals surface area contributed by atoms with E-state index >= 15 is 0 Å². The van der Waals surface area contributed by atoms with Gasteiger partial charge in [-0.2, -0.15) is 5.26 Å². The van der Waals surface area contributed by atoms with Crippen LogP contribution in [-0.4, -0.2) is 25.4 Å². The van der Waals surface area contributed by atoms with Crippen LogP contribution in [0.4, 0.5) is 5.69 Å². The van der Waals surface area contributed by atoms with Crippen molar-refractivity contribution < 1.29 is 14.8 Å². The maximum absolute atomic E-state index is 12.8. The van der Waals surface area contributed by atoms with Gasteiger partial charge in [-0.1, -0.05) is 12.1 Å². The first-order valence-electron chi connectivity index (χ1n) is 7.26. The molecule has 25 heavy (non-hydrogen) atoms. The van der Waals surface area contributed by atoms with Crippen LogP contribution in [0.2, 0.25) is 0 Å². The summed E-state index contributed by atoms with van der Waals surface area (Å²) in [6.07, 6.45) is 0. The number of hydrogen-bond donors (Lipinski definition) is 1. The number of phenols is 1. The predicted octanol–water partition coefficient (Wildman–Crippen LogP) is 2.68. The van der Waals surface area contributed by atoms with E-state index in [1.807, 2.05) is 6.07 Å². The number of phenolic OH excluding ortho intramolecular Hbond substituents is 1. The SMILES string of the molecule is Cn1c([C@H](C#N)C(=O)c2cc(O)ccc2[N+](=O)[O-])nc2ccccc21. The number of nitro groups is 1. The van der Waals surface area contributed by atoms with E-state index in [2.05, 4.69) is 4.98 Å². The molecule has 0 aliphatic carbocycles. The Bertz CT molecular complexity index is 1050. The summed E-state index contributed by atoms with van der Waals surface area (Å²) < 4.78 is 1.61. The Kier molecular flexibility index (Phi) is 3.91. The average molecular weight is 336 g/mol. The van der Waals surface area contributed by atoms with Crippen LogP contribution in [0.25, 0.3) is 11.0 Å². The molecule has 0 bridgehead atoms. The first kappa shape index (κ1) is 16.1. The molecule has 1 heterocycles. The topological polar surface area (TPSA) is 122 Å². The van der Waals surface area contributed by atoms with E-state index in [1.54, 1.807) is 35.9 Å². The lowest BCUT2D eigenvalue weighted by molar-refractivity contribution is -0.385. The lowest BCUT2D eigenvalue weighted by Crippen LogP contribution is -2.16. The fourth-order valence-electron chi connectivity index (χ4n) is 2.69. The summed E-state index contributed by atoms with van der Waals surface area (Å²) in [7, 11) is 1.67. The van der Waals surface area contributed by atoms with Gasteiger partial charge in [-0.25, -0.2) is 4.98 Å². The van der Waals surface area contributed by atoms with Crippen molar-refractivity contribution in [3.8, 4) is 11.8 Å². The quantitative estimate of drug-likeness (QED) is 0.444. The van der Waals surface area contributed by atoms with E-state index in [4.69, 9.17) is 0 Å². The molecule has 0 unspecified atom stereocenters. The van der Waals surface area contributed by atoms with E-state index in [0.717, 1.165) is 23.7 Å². The number of aromatic hydroxyl groups is 1. The molecule has 0 radical (unpaired) electrons. The van der Waals surface area contributed by atoms with Crippen LogP contribution >= 0.6 is 0 Å². The minimum atomic E-state index is -1.34. The second-order valence-electron chi connectivity index (χ2n) is 5.40. The first-order valence-corrected chi connectivity index (χ1v) is 7.26. The summed E-state index contributed by atoms with van der Waals surface area (Å²) in [5, 5.41) is 30.2. The number of nitrogens with zero attached hydrogens (tertiary/aromatic N) is 4. The summed E-state index contributed by atoms with van der Waals surface area (Å²) in [5.41, 5.74) is 0.542. The number of carbonyl (C=O) groups excluding carboxylic acids is 1. The van der Waals surface area contributed by atoms with E-state index in [0.29, 0.717) is 5.52 Å². The Balaban J connectivity index is 2.15. The average Bonchev–Trinajstić information content (AvgIpc) is 2.92. The third kappa shape index (κ3) is 2.68. The Hall–Kier alpha value is -3.73. The Morgan fingerprint density at radius 2 is 2.08 bits per heavy atom. The van der Waals surface area contributed by atoms with Crippen molar-refractivity contribution in [3.63, 3.8) is 0 Å². The summed E-state index contributed by atoms with van der Waals surface area (Å²) >= 11 is 0. The molecule has 2 aromatic carbocycles. The van der Waals surface area contributed by atoms with E-state index in [1.165, 1.54) is 0 Å². The second kappa shape index (κ2) is 6.05. The Labute approximate surface area is 141 Å². The fraction of sp³-hybridized carbons (Fsp3) is 0.118. The molecule has 1 aromatic heterocycles. The molecule has 0 aliphatic rings. The van der Waals surface area contributed by atoms with Gasteiger partial charge in [-0.05, 0) is 24.3 Å². The molecule has 0 aliphatic heterocycles. The predicted molar refractivity (Wildman–Crippen MR) is 88.2 cm³/mol. The van der Waals surface area contributed by atoms with Crippen LogP contribution in [0, 0.1) is 21.4 Å². The molecule has 3 aromatic rings. The minimum Gasteiger partial charge on any atom is -0.508 e. The van der Waals surface area contributed by atoms with Crippen LogP contribution in [-0.2, 0) is 7.05 Å². The van der Waals surface area contributed by atoms with Gasteiger partial charge in [-0.3, -0.25) is 14.9 Å². The number of imidazole rings is 1. The van der Waals surface area contributed by atoms with Gasteiger partial charge in [0.05, 0.1) is 22.0 Å². The maximum atomic E-state index is 12.8. The number of hydrogen-bond acceptors (Lipinski definition) is 6. The van der Waals surface area contributed by atoms with Crippen molar-refractivity contribution in [1.82, 2.24) is 9.55 Å². The highest BCUT2D eigenvalue weighted by atomic mass is 16.6. The van der Waals surface area contributed by atoms with Gasteiger partial charge in [0.15, 0.2) is 11.7 Å². The van der Waals surface area contributed by atoms with Crippen molar-refractivity contribution in [2.75, 3.05) is 0 Å². The molecule has 0 saturated carbocycles. The highest BCUT2D eigenvalue weighted by molar-refractivity contribution is 6.06. The largest absolute Gasteiger partial charge is 0.508 e. The summed E-state index contributed by atoms with van der Waals surface area (Å²) in [6.45, 7) is 0. The van der Waals surface area contributed by atoms with Gasteiger partial charge in [0.1, 0.15) is 17.1 Å². The van der Waals surface area contributed by atoms with Crippen molar-refractivity contribution >= 4 is 22.5 Å². The number of nitro benzene ring substituents is 1. The molecule has 8 heteroatoms. The third-order valence-corrected chi connectivity index (χ3v) is 3.91. The number of rotatable bonds is 4. The maximum Gasteiger partial charge on any atom is 0.280 e. The number of carbonyl (C=O) groups is 1. The molecule has 0 saturated heterocycles. The fourth-order valence-corrected chi connectivity index (χ4v) is 2.69. The number of nitriles is 1. The summed E-state index contributed by atoms with van der Waals surface area (Å²) in [6, 6.07) is 12.1. The molecule has 1 N–H and O–H groups in total. The highest BCUT2D eigenvalue weighted by Crippen LogP contribution is 2.30. The molecule has 0 spiro atoms. The van der Waals surface area contributed by atoms with Crippen LogP contribution in [0.5, 0.6) is 5.75 Å². The summed E-state index contributed by atoms with van der Waals surface area (Å²) in [4.78, 5) is 27.5. The van der Waals surface area contributed by atoms with Crippen LogP contribution < -0.4 is 0 Å². The zero-order valence-electron chi connectivity index (χ0n) is 13.1. The second-order valence-corrected chi connectivity index (χ2v) is 5.40. The standard InChI is InChI=1S/C17H12N4O4/c1-20-15-5-3-2-4-13(15)19-17(20)12(9-18)16(23)11-8-10(22)6-7-14(11)21(24)25/h2-8,12,22H,1H3/t12-/m1/s1. The van der Waals surface area contributed by atoms with Crippen molar-refractivity contribution in [1.29, 1.82) is 5.26 Å². The lowest BCUT2D eigenvalue weighted by atomic mass is 9.96. The Morgan fingerprint density at radius 3 is 2.72 bits per heavy atom. The van der Waals surface area contributed by atoms with Crippen LogP contribution in [0.15, 0.2) is 42.5 Å². The van der Waals surface area contributed by atoms with Gasteiger partial charge in [0, 0.05) is 13.1 Å². The van der Waals surface area contributed by atoms with Crippen molar-refractivity contribution in [2.45, 2.75) is 5.92 Å².